The molecular formula is C12H11F3N2O4. The Hall–Kier alpha value is -2.32. The SMILES string of the molecule is O=C(O)[C@H]1CC(c2cccnc2C(F)(F)F)CN1C(=O)O. The number of carboxylic acid groups (broad SMARTS) is 2. The summed E-state index contributed by atoms with van der Waals surface area (Å²) < 4.78 is 38.7. The number of alkyl halides is 3. The number of likely N-dealkylation sites (tertiary alicyclic amines) is 1. The number of hydrogen-bond donors (Lipinski definition) is 2. The predicted molar refractivity (Wildman–Crippen MR) is 62.8 cm³/mol. The van der Waals surface area contributed by atoms with Crippen molar-refractivity contribution in [3.63, 3.8) is 0 Å². The first kappa shape index (κ1) is 15.1. The Morgan fingerprint density at radius 3 is 2.48 bits per heavy atom. The van der Waals surface area contributed by atoms with E-state index in [2.05, 4.69) is 4.98 Å². The van der Waals surface area contributed by atoms with E-state index in [0.29, 0.717) is 4.90 Å². The third kappa shape index (κ3) is 2.91. The smallest absolute Gasteiger partial charge is 0.433 e. The average molecular weight is 304 g/mol. The molecule has 1 aromatic heterocycles. The van der Waals surface area contributed by atoms with Crippen molar-refractivity contribution in [2.45, 2.75) is 24.6 Å². The predicted octanol–water partition coefficient (Wildman–Crippen LogP) is 2.02. The van der Waals surface area contributed by atoms with Gasteiger partial charge < -0.3 is 10.2 Å². The van der Waals surface area contributed by atoms with Crippen molar-refractivity contribution in [3.8, 4) is 0 Å². The first-order valence-corrected chi connectivity index (χ1v) is 5.96. The number of nitrogens with zero attached hydrogens (tertiary/aromatic N) is 2. The number of halogens is 3. The van der Waals surface area contributed by atoms with Crippen LogP contribution in [0.4, 0.5) is 18.0 Å². The summed E-state index contributed by atoms with van der Waals surface area (Å²) in [6, 6.07) is 1.16. The fraction of sp³-hybridized carbons (Fsp3) is 0.417. The van der Waals surface area contributed by atoms with Gasteiger partial charge in [0.15, 0.2) is 0 Å². The van der Waals surface area contributed by atoms with Crippen molar-refractivity contribution in [1.29, 1.82) is 0 Å². The molecule has 0 aromatic carbocycles. The second kappa shape index (κ2) is 5.23. The minimum Gasteiger partial charge on any atom is -0.480 e. The molecule has 1 fully saturated rings. The monoisotopic (exact) mass is 304 g/mol. The summed E-state index contributed by atoms with van der Waals surface area (Å²) in [7, 11) is 0. The van der Waals surface area contributed by atoms with Gasteiger partial charge in [-0.1, -0.05) is 6.07 Å². The minimum atomic E-state index is -4.67. The second-order valence-corrected chi connectivity index (χ2v) is 4.66. The molecule has 1 saturated heterocycles. The normalized spacial score (nSPS) is 22.3. The molecule has 2 N–H and O–H groups in total. The highest BCUT2D eigenvalue weighted by Crippen LogP contribution is 2.38. The molecule has 1 aliphatic heterocycles. The van der Waals surface area contributed by atoms with Crippen LogP contribution in [0.5, 0.6) is 0 Å². The van der Waals surface area contributed by atoms with Crippen LogP contribution in [0.2, 0.25) is 0 Å². The van der Waals surface area contributed by atoms with Gasteiger partial charge in [-0.25, -0.2) is 9.59 Å². The van der Waals surface area contributed by atoms with E-state index in [4.69, 9.17) is 10.2 Å². The van der Waals surface area contributed by atoms with Crippen LogP contribution in [0.3, 0.4) is 0 Å². The molecule has 1 amide bonds. The van der Waals surface area contributed by atoms with Crippen molar-refractivity contribution in [2.24, 2.45) is 0 Å². The lowest BCUT2D eigenvalue weighted by Crippen LogP contribution is -2.39. The summed E-state index contributed by atoms with van der Waals surface area (Å²) in [5.74, 6) is -2.23. The van der Waals surface area contributed by atoms with Crippen LogP contribution in [-0.4, -0.2) is 44.7 Å². The van der Waals surface area contributed by atoms with Gasteiger partial charge in [0, 0.05) is 18.7 Å². The van der Waals surface area contributed by atoms with Crippen molar-refractivity contribution in [3.05, 3.63) is 29.6 Å². The summed E-state index contributed by atoms with van der Waals surface area (Å²) in [6.07, 6.45) is -5.37. The lowest BCUT2D eigenvalue weighted by molar-refractivity contribution is -0.142. The van der Waals surface area contributed by atoms with E-state index < -0.39 is 35.9 Å². The van der Waals surface area contributed by atoms with E-state index in [9.17, 15) is 22.8 Å². The van der Waals surface area contributed by atoms with Crippen LogP contribution < -0.4 is 0 Å². The molecule has 0 spiro atoms. The second-order valence-electron chi connectivity index (χ2n) is 4.66. The number of aliphatic carboxylic acids is 1. The van der Waals surface area contributed by atoms with E-state index in [1.165, 1.54) is 12.1 Å². The lowest BCUT2D eigenvalue weighted by atomic mass is 9.94. The number of carboxylic acids is 1. The van der Waals surface area contributed by atoms with Gasteiger partial charge in [-0.15, -0.1) is 0 Å². The van der Waals surface area contributed by atoms with Gasteiger partial charge in [-0.2, -0.15) is 13.2 Å². The Kier molecular flexibility index (Phi) is 3.75. The van der Waals surface area contributed by atoms with Gasteiger partial charge in [-0.3, -0.25) is 9.88 Å². The molecule has 2 rings (SSSR count). The molecule has 0 saturated carbocycles. The third-order valence-corrected chi connectivity index (χ3v) is 3.38. The van der Waals surface area contributed by atoms with E-state index in [0.717, 1.165) is 6.20 Å². The van der Waals surface area contributed by atoms with Crippen LogP contribution >= 0.6 is 0 Å². The number of amides is 1. The Labute approximate surface area is 116 Å². The highest BCUT2D eigenvalue weighted by molar-refractivity contribution is 5.80. The highest BCUT2D eigenvalue weighted by Gasteiger charge is 2.44. The molecule has 21 heavy (non-hydrogen) atoms. The average Bonchev–Trinajstić information content (AvgIpc) is 2.83. The minimum absolute atomic E-state index is 0.181. The first-order valence-electron chi connectivity index (χ1n) is 5.96. The van der Waals surface area contributed by atoms with Crippen LogP contribution in [0.15, 0.2) is 18.3 Å². The quantitative estimate of drug-likeness (QED) is 0.872. The summed E-state index contributed by atoms with van der Waals surface area (Å²) in [5, 5.41) is 17.9. The Bertz CT molecular complexity index is 554. The molecule has 1 aliphatic rings. The Morgan fingerprint density at radius 2 is 2.00 bits per heavy atom. The standard InChI is InChI=1S/C12H11F3N2O4/c13-12(14,15)9-7(2-1-3-16-9)6-4-8(10(18)19)17(5-6)11(20)21/h1-3,6,8H,4-5H2,(H,18,19)(H,20,21)/t6?,8-/m1/s1. The van der Waals surface area contributed by atoms with Crippen molar-refractivity contribution in [2.75, 3.05) is 6.54 Å². The molecule has 1 unspecified atom stereocenters. The first-order chi connectivity index (χ1) is 9.71. The summed E-state index contributed by atoms with van der Waals surface area (Å²) in [4.78, 5) is 26.0. The van der Waals surface area contributed by atoms with Gasteiger partial charge in [0.1, 0.15) is 11.7 Å². The van der Waals surface area contributed by atoms with Gasteiger partial charge in [0.25, 0.3) is 0 Å². The fourth-order valence-electron chi connectivity index (χ4n) is 2.49. The molecule has 9 heteroatoms. The molecule has 0 aliphatic carbocycles. The maximum Gasteiger partial charge on any atom is 0.433 e. The topological polar surface area (TPSA) is 90.7 Å². The van der Waals surface area contributed by atoms with E-state index in [-0.39, 0.29) is 18.5 Å². The molecular weight excluding hydrogens is 293 g/mol. The van der Waals surface area contributed by atoms with Gasteiger partial charge in [0.05, 0.1) is 0 Å². The van der Waals surface area contributed by atoms with Crippen LogP contribution in [0.1, 0.15) is 23.6 Å². The molecule has 114 valence electrons. The van der Waals surface area contributed by atoms with Crippen molar-refractivity contribution in [1.82, 2.24) is 9.88 Å². The lowest BCUT2D eigenvalue weighted by Gasteiger charge is -2.17. The van der Waals surface area contributed by atoms with Gasteiger partial charge >= 0.3 is 18.2 Å². The van der Waals surface area contributed by atoms with Crippen LogP contribution in [-0.2, 0) is 11.0 Å². The number of aromatic nitrogens is 1. The van der Waals surface area contributed by atoms with Gasteiger partial charge in [-0.05, 0) is 18.1 Å². The number of rotatable bonds is 2. The zero-order valence-electron chi connectivity index (χ0n) is 10.5. The van der Waals surface area contributed by atoms with E-state index in [1.54, 1.807) is 0 Å². The molecule has 1 aromatic rings. The summed E-state index contributed by atoms with van der Waals surface area (Å²) in [6.45, 7) is -0.304. The zero-order valence-corrected chi connectivity index (χ0v) is 10.5. The van der Waals surface area contributed by atoms with Crippen molar-refractivity contribution < 1.29 is 33.0 Å². The zero-order chi connectivity index (χ0) is 15.8. The largest absolute Gasteiger partial charge is 0.480 e. The highest BCUT2D eigenvalue weighted by atomic mass is 19.4. The molecule has 0 bridgehead atoms. The van der Waals surface area contributed by atoms with Crippen LogP contribution in [0.25, 0.3) is 0 Å². The fourth-order valence-corrected chi connectivity index (χ4v) is 2.49. The maximum absolute atomic E-state index is 12.9. The van der Waals surface area contributed by atoms with Crippen LogP contribution in [0, 0.1) is 0 Å². The summed E-state index contributed by atoms with van der Waals surface area (Å²) >= 11 is 0. The van der Waals surface area contributed by atoms with Crippen molar-refractivity contribution >= 4 is 12.1 Å². The van der Waals surface area contributed by atoms with E-state index in [1.807, 2.05) is 0 Å². The summed E-state index contributed by atoms with van der Waals surface area (Å²) in [5.41, 5.74) is -1.29. The number of carbonyl (C=O) groups is 2. The number of hydrogen-bond acceptors (Lipinski definition) is 3. The molecule has 0 radical (unpaired) electrons. The Balaban J connectivity index is 2.37. The molecule has 2 heterocycles. The van der Waals surface area contributed by atoms with E-state index >= 15 is 0 Å². The van der Waals surface area contributed by atoms with Gasteiger partial charge in [0.2, 0.25) is 0 Å². The number of pyridine rings is 1. The third-order valence-electron chi connectivity index (χ3n) is 3.38. The maximum atomic E-state index is 12.9. The Morgan fingerprint density at radius 1 is 1.33 bits per heavy atom. The molecule has 2 atom stereocenters. The molecule has 6 nitrogen and oxygen atoms in total.